The van der Waals surface area contributed by atoms with Gasteiger partial charge in [-0.25, -0.2) is 4.98 Å². The molecule has 0 aliphatic rings. The third-order valence-corrected chi connectivity index (χ3v) is 4.33. The smallest absolute Gasteiger partial charge is 0.0951 e. The van der Waals surface area contributed by atoms with Gasteiger partial charge in [0.2, 0.25) is 0 Å². The summed E-state index contributed by atoms with van der Waals surface area (Å²) in [6, 6.07) is 0. The number of aromatic nitrogens is 2. The van der Waals surface area contributed by atoms with Crippen LogP contribution in [-0.2, 0) is 12.0 Å². The van der Waals surface area contributed by atoms with E-state index in [1.165, 1.54) is 37.1 Å². The first-order valence-electron chi connectivity index (χ1n) is 8.03. The SMILES string of the molecule is CCCCn1cnc(C(C)CCC)c1C(C)(C)CC. The van der Waals surface area contributed by atoms with Crippen LogP contribution in [0.15, 0.2) is 6.33 Å². The van der Waals surface area contributed by atoms with Gasteiger partial charge in [0.05, 0.1) is 12.0 Å². The zero-order chi connectivity index (χ0) is 14.5. The summed E-state index contributed by atoms with van der Waals surface area (Å²) >= 11 is 0. The van der Waals surface area contributed by atoms with Crippen LogP contribution in [0.1, 0.15) is 91.0 Å². The van der Waals surface area contributed by atoms with E-state index >= 15 is 0 Å². The van der Waals surface area contributed by atoms with Gasteiger partial charge in [-0.2, -0.15) is 0 Å². The molecule has 110 valence electrons. The minimum absolute atomic E-state index is 0.224. The van der Waals surface area contributed by atoms with Crippen molar-refractivity contribution < 1.29 is 0 Å². The van der Waals surface area contributed by atoms with Crippen LogP contribution in [0.3, 0.4) is 0 Å². The second kappa shape index (κ2) is 7.12. The summed E-state index contributed by atoms with van der Waals surface area (Å²) < 4.78 is 2.41. The van der Waals surface area contributed by atoms with E-state index in [1.54, 1.807) is 0 Å². The topological polar surface area (TPSA) is 17.8 Å². The molecule has 2 heteroatoms. The van der Waals surface area contributed by atoms with Gasteiger partial charge in [0.15, 0.2) is 0 Å². The highest BCUT2D eigenvalue weighted by molar-refractivity contribution is 5.25. The molecule has 1 aromatic heterocycles. The van der Waals surface area contributed by atoms with E-state index in [1.807, 2.05) is 0 Å². The first-order chi connectivity index (χ1) is 8.97. The molecule has 0 aromatic carbocycles. The van der Waals surface area contributed by atoms with Gasteiger partial charge >= 0.3 is 0 Å². The highest BCUT2D eigenvalue weighted by atomic mass is 15.1. The third-order valence-electron chi connectivity index (χ3n) is 4.33. The van der Waals surface area contributed by atoms with Crippen molar-refractivity contribution in [2.45, 2.75) is 91.5 Å². The first kappa shape index (κ1) is 16.3. The van der Waals surface area contributed by atoms with Gasteiger partial charge in [-0.3, -0.25) is 0 Å². The molecule has 0 saturated heterocycles. The van der Waals surface area contributed by atoms with Crippen molar-refractivity contribution in [3.63, 3.8) is 0 Å². The van der Waals surface area contributed by atoms with Crippen LogP contribution in [0.5, 0.6) is 0 Å². The fourth-order valence-corrected chi connectivity index (χ4v) is 2.73. The molecule has 1 unspecified atom stereocenters. The maximum Gasteiger partial charge on any atom is 0.0951 e. The van der Waals surface area contributed by atoms with E-state index in [-0.39, 0.29) is 5.41 Å². The maximum absolute atomic E-state index is 4.76. The highest BCUT2D eigenvalue weighted by Crippen LogP contribution is 2.34. The fraction of sp³-hybridized carbons (Fsp3) is 0.824. The predicted molar refractivity (Wildman–Crippen MR) is 83.8 cm³/mol. The number of nitrogens with zero attached hydrogens (tertiary/aromatic N) is 2. The molecule has 1 rings (SSSR count). The summed E-state index contributed by atoms with van der Waals surface area (Å²) in [5, 5.41) is 0. The lowest BCUT2D eigenvalue weighted by Gasteiger charge is -2.27. The van der Waals surface area contributed by atoms with E-state index in [4.69, 9.17) is 4.98 Å². The van der Waals surface area contributed by atoms with Crippen molar-refractivity contribution in [2.24, 2.45) is 0 Å². The largest absolute Gasteiger partial charge is 0.334 e. The molecule has 1 aromatic rings. The van der Waals surface area contributed by atoms with Gasteiger partial charge < -0.3 is 4.57 Å². The van der Waals surface area contributed by atoms with Crippen molar-refractivity contribution in [3.05, 3.63) is 17.7 Å². The summed E-state index contributed by atoms with van der Waals surface area (Å²) in [5.74, 6) is 0.578. The van der Waals surface area contributed by atoms with Crippen molar-refractivity contribution in [1.82, 2.24) is 9.55 Å². The molecule has 19 heavy (non-hydrogen) atoms. The van der Waals surface area contributed by atoms with Gasteiger partial charge in [-0.15, -0.1) is 0 Å². The summed E-state index contributed by atoms with van der Waals surface area (Å²) in [4.78, 5) is 4.76. The standard InChI is InChI=1S/C17H32N2/c1-7-10-12-19-13-18-15(14(4)11-8-2)16(19)17(5,6)9-3/h13-14H,7-12H2,1-6H3. The van der Waals surface area contributed by atoms with Crippen molar-refractivity contribution in [1.29, 1.82) is 0 Å². The Bertz CT molecular complexity index is 377. The maximum atomic E-state index is 4.76. The van der Waals surface area contributed by atoms with E-state index in [2.05, 4.69) is 52.4 Å². The van der Waals surface area contributed by atoms with Gasteiger partial charge in [0, 0.05) is 23.6 Å². The first-order valence-corrected chi connectivity index (χ1v) is 8.03. The van der Waals surface area contributed by atoms with Crippen LogP contribution in [0.2, 0.25) is 0 Å². The fourth-order valence-electron chi connectivity index (χ4n) is 2.73. The van der Waals surface area contributed by atoms with Gasteiger partial charge in [-0.05, 0) is 19.3 Å². The van der Waals surface area contributed by atoms with Crippen LogP contribution < -0.4 is 0 Å². The number of aryl methyl sites for hydroxylation is 1. The number of hydrogen-bond acceptors (Lipinski definition) is 1. The van der Waals surface area contributed by atoms with Gasteiger partial charge in [0.1, 0.15) is 0 Å². The number of hydrogen-bond donors (Lipinski definition) is 0. The molecule has 1 atom stereocenters. The molecule has 1 heterocycles. The van der Waals surface area contributed by atoms with Crippen molar-refractivity contribution >= 4 is 0 Å². The molecule has 0 fully saturated rings. The average molecular weight is 264 g/mol. The minimum atomic E-state index is 0.224. The van der Waals surface area contributed by atoms with Crippen molar-refractivity contribution in [3.8, 4) is 0 Å². The monoisotopic (exact) mass is 264 g/mol. The Morgan fingerprint density at radius 2 is 1.89 bits per heavy atom. The summed E-state index contributed by atoms with van der Waals surface area (Å²) in [7, 11) is 0. The molecule has 0 spiro atoms. The molecule has 0 aliphatic heterocycles. The molecule has 0 bridgehead atoms. The zero-order valence-corrected chi connectivity index (χ0v) is 13.8. The molecule has 0 saturated carbocycles. The normalized spacial score (nSPS) is 13.8. The highest BCUT2D eigenvalue weighted by Gasteiger charge is 2.28. The van der Waals surface area contributed by atoms with Crippen LogP contribution in [0, 0.1) is 0 Å². The van der Waals surface area contributed by atoms with Crippen LogP contribution in [0.25, 0.3) is 0 Å². The van der Waals surface area contributed by atoms with E-state index in [0.29, 0.717) is 5.92 Å². The van der Waals surface area contributed by atoms with E-state index in [0.717, 1.165) is 13.0 Å². The summed E-state index contributed by atoms with van der Waals surface area (Å²) in [5.41, 5.74) is 3.04. The third kappa shape index (κ3) is 3.84. The lowest BCUT2D eigenvalue weighted by Crippen LogP contribution is -2.23. The molecule has 0 aliphatic carbocycles. The van der Waals surface area contributed by atoms with E-state index < -0.39 is 0 Å². The second-order valence-electron chi connectivity index (χ2n) is 6.45. The van der Waals surface area contributed by atoms with Crippen LogP contribution in [0.4, 0.5) is 0 Å². The number of unbranched alkanes of at least 4 members (excludes halogenated alkanes) is 1. The minimum Gasteiger partial charge on any atom is -0.334 e. The Morgan fingerprint density at radius 3 is 2.42 bits per heavy atom. The van der Waals surface area contributed by atoms with E-state index in [9.17, 15) is 0 Å². The lowest BCUT2D eigenvalue weighted by molar-refractivity contribution is 0.443. The quantitative estimate of drug-likeness (QED) is 0.625. The zero-order valence-electron chi connectivity index (χ0n) is 13.8. The molecular formula is C17H32N2. The molecule has 0 radical (unpaired) electrons. The Morgan fingerprint density at radius 1 is 1.21 bits per heavy atom. The number of imidazole rings is 1. The molecule has 0 N–H and O–H groups in total. The molecule has 2 nitrogen and oxygen atoms in total. The van der Waals surface area contributed by atoms with Crippen LogP contribution >= 0.6 is 0 Å². The molecular weight excluding hydrogens is 232 g/mol. The Hall–Kier alpha value is -0.790. The summed E-state index contributed by atoms with van der Waals surface area (Å²) in [6.07, 6.45) is 8.18. The lowest BCUT2D eigenvalue weighted by atomic mass is 9.82. The van der Waals surface area contributed by atoms with Crippen molar-refractivity contribution in [2.75, 3.05) is 0 Å². The average Bonchev–Trinajstić information content (AvgIpc) is 2.81. The van der Waals surface area contributed by atoms with Gasteiger partial charge in [-0.1, -0.05) is 54.4 Å². The number of rotatable bonds is 8. The van der Waals surface area contributed by atoms with Crippen LogP contribution in [-0.4, -0.2) is 9.55 Å². The Kier molecular flexibility index (Phi) is 6.09. The molecule has 0 amide bonds. The Labute approximate surface area is 119 Å². The van der Waals surface area contributed by atoms with Gasteiger partial charge in [0.25, 0.3) is 0 Å². The Balaban J connectivity index is 3.13. The predicted octanol–water partition coefficient (Wildman–Crippen LogP) is 5.27. The summed E-state index contributed by atoms with van der Waals surface area (Å²) in [6.45, 7) is 14.9. The second-order valence-corrected chi connectivity index (χ2v) is 6.45.